The zero-order valence-corrected chi connectivity index (χ0v) is 21.8. The Hall–Kier alpha value is -2.67. The summed E-state index contributed by atoms with van der Waals surface area (Å²) in [5.41, 5.74) is -0.807. The van der Waals surface area contributed by atoms with E-state index < -0.39 is 23.5 Å². The summed E-state index contributed by atoms with van der Waals surface area (Å²) in [7, 11) is 0. The number of nitrogens with one attached hydrogen (secondary N) is 2. The number of amides is 2. The number of pyridine rings is 1. The zero-order valence-electron chi connectivity index (χ0n) is 18.9. The molecule has 0 spiro atoms. The summed E-state index contributed by atoms with van der Waals surface area (Å²) < 4.78 is 41.8. The maximum atomic E-state index is 13.5. The number of halogens is 5. The Morgan fingerprint density at radius 1 is 1.19 bits per heavy atom. The number of aryl methyl sites for hydroxylation is 1. The van der Waals surface area contributed by atoms with Gasteiger partial charge < -0.3 is 10.6 Å². The zero-order chi connectivity index (χ0) is 25.8. The number of aromatic nitrogens is 3. The number of hydrogen-bond donors (Lipinski definition) is 2. The Morgan fingerprint density at radius 2 is 1.92 bits per heavy atom. The SMILES string of the molecule is Cc1ccc(I)c(C(=O)NC2(C3CC3)CC2)c1NC(=O)c1cc(C(F)(F)F)nn1-c1ncccc1Cl. The van der Waals surface area contributed by atoms with E-state index >= 15 is 0 Å². The van der Waals surface area contributed by atoms with Crippen molar-refractivity contribution in [1.82, 2.24) is 20.1 Å². The largest absolute Gasteiger partial charge is 0.435 e. The van der Waals surface area contributed by atoms with Crippen LogP contribution in [-0.4, -0.2) is 32.1 Å². The molecule has 2 fully saturated rings. The van der Waals surface area contributed by atoms with Gasteiger partial charge in [0.15, 0.2) is 11.5 Å². The maximum Gasteiger partial charge on any atom is 0.435 e. The second-order valence-electron chi connectivity index (χ2n) is 9.09. The first-order valence-electron chi connectivity index (χ1n) is 11.2. The minimum absolute atomic E-state index is 0.0173. The van der Waals surface area contributed by atoms with Gasteiger partial charge in [-0.3, -0.25) is 9.59 Å². The highest BCUT2D eigenvalue weighted by molar-refractivity contribution is 14.1. The summed E-state index contributed by atoms with van der Waals surface area (Å²) in [4.78, 5) is 30.7. The molecule has 0 unspecified atom stereocenters. The highest BCUT2D eigenvalue weighted by Crippen LogP contribution is 2.54. The fraction of sp³-hybridized carbons (Fsp3) is 0.333. The van der Waals surface area contributed by atoms with Crippen LogP contribution >= 0.6 is 34.2 Å². The highest BCUT2D eigenvalue weighted by atomic mass is 127. The molecule has 2 amide bonds. The predicted molar refractivity (Wildman–Crippen MR) is 135 cm³/mol. The van der Waals surface area contributed by atoms with E-state index in [9.17, 15) is 22.8 Å². The molecule has 36 heavy (non-hydrogen) atoms. The number of alkyl halides is 3. The van der Waals surface area contributed by atoms with Crippen LogP contribution in [0.3, 0.4) is 0 Å². The molecule has 2 saturated carbocycles. The van der Waals surface area contributed by atoms with Gasteiger partial charge in [0, 0.05) is 21.4 Å². The first kappa shape index (κ1) is 25.0. The van der Waals surface area contributed by atoms with E-state index in [-0.39, 0.29) is 33.5 Å². The van der Waals surface area contributed by atoms with Crippen LogP contribution in [0.5, 0.6) is 0 Å². The van der Waals surface area contributed by atoms with Crippen LogP contribution < -0.4 is 10.6 Å². The molecule has 2 aliphatic carbocycles. The van der Waals surface area contributed by atoms with Crippen molar-refractivity contribution in [2.24, 2.45) is 5.92 Å². The second-order valence-corrected chi connectivity index (χ2v) is 10.7. The lowest BCUT2D eigenvalue weighted by Crippen LogP contribution is -2.39. The van der Waals surface area contributed by atoms with Crippen LogP contribution in [-0.2, 0) is 6.18 Å². The molecule has 2 heterocycles. The monoisotopic (exact) mass is 629 g/mol. The Labute approximate surface area is 222 Å². The number of nitrogens with zero attached hydrogens (tertiary/aromatic N) is 3. The minimum Gasteiger partial charge on any atom is -0.346 e. The van der Waals surface area contributed by atoms with E-state index in [1.54, 1.807) is 19.1 Å². The summed E-state index contributed by atoms with van der Waals surface area (Å²) >= 11 is 8.15. The Bertz CT molecular complexity index is 1380. The molecule has 12 heteroatoms. The van der Waals surface area contributed by atoms with Gasteiger partial charge in [-0.25, -0.2) is 9.67 Å². The fourth-order valence-corrected chi connectivity index (χ4v) is 5.21. The molecule has 0 aliphatic heterocycles. The maximum absolute atomic E-state index is 13.5. The third-order valence-corrected chi connectivity index (χ3v) is 7.70. The van der Waals surface area contributed by atoms with E-state index in [1.165, 1.54) is 18.3 Å². The second kappa shape index (κ2) is 9.02. The van der Waals surface area contributed by atoms with E-state index in [2.05, 4.69) is 20.7 Å². The molecule has 0 radical (unpaired) electrons. The fourth-order valence-electron chi connectivity index (χ4n) is 4.31. The van der Waals surface area contributed by atoms with Crippen molar-refractivity contribution in [2.45, 2.75) is 44.3 Å². The highest BCUT2D eigenvalue weighted by Gasteiger charge is 2.55. The van der Waals surface area contributed by atoms with Crippen LogP contribution in [0, 0.1) is 16.4 Å². The molecule has 0 saturated heterocycles. The summed E-state index contributed by atoms with van der Waals surface area (Å²) in [5, 5.41) is 9.38. The molecule has 2 N–H and O–H groups in total. The smallest absolute Gasteiger partial charge is 0.346 e. The molecule has 7 nitrogen and oxygen atoms in total. The predicted octanol–water partition coefficient (Wildman–Crippen LogP) is 5.78. The first-order valence-corrected chi connectivity index (χ1v) is 12.7. The number of benzene rings is 1. The van der Waals surface area contributed by atoms with Gasteiger partial charge in [0.2, 0.25) is 0 Å². The van der Waals surface area contributed by atoms with Crippen LogP contribution in [0.2, 0.25) is 5.02 Å². The van der Waals surface area contributed by atoms with Gasteiger partial charge >= 0.3 is 6.18 Å². The molecule has 1 aromatic carbocycles. The Balaban J connectivity index is 1.52. The Kier molecular flexibility index (Phi) is 6.26. The average molecular weight is 630 g/mol. The number of carbonyl (C=O) groups is 2. The van der Waals surface area contributed by atoms with Crippen molar-refractivity contribution in [1.29, 1.82) is 0 Å². The third kappa shape index (κ3) is 4.70. The molecule has 5 rings (SSSR count). The van der Waals surface area contributed by atoms with Crippen LogP contribution in [0.25, 0.3) is 5.82 Å². The van der Waals surface area contributed by atoms with E-state index in [4.69, 9.17) is 11.6 Å². The standard InChI is InChI=1S/C24H20ClF3IN5O2/c1-12-4-7-15(29)18(22(36)32-23(8-9-23)13-5-6-13)19(12)31-21(35)16-11-17(24(26,27)28)33-34(16)20-14(25)3-2-10-30-20/h2-4,7,10-11,13H,5-6,8-9H2,1H3,(H,31,35)(H,32,36). The van der Waals surface area contributed by atoms with Gasteiger partial charge in [-0.15, -0.1) is 0 Å². The summed E-state index contributed by atoms with van der Waals surface area (Å²) in [6, 6.07) is 7.07. The number of anilines is 1. The van der Waals surface area contributed by atoms with Gasteiger partial charge in [-0.2, -0.15) is 18.3 Å². The van der Waals surface area contributed by atoms with Crippen LogP contribution in [0.4, 0.5) is 18.9 Å². The van der Waals surface area contributed by atoms with Crippen molar-refractivity contribution < 1.29 is 22.8 Å². The van der Waals surface area contributed by atoms with Gasteiger partial charge in [-0.1, -0.05) is 17.7 Å². The van der Waals surface area contributed by atoms with Gasteiger partial charge in [0.05, 0.1) is 16.3 Å². The summed E-state index contributed by atoms with van der Waals surface area (Å²) in [6.45, 7) is 1.71. The quantitative estimate of drug-likeness (QED) is 0.339. The van der Waals surface area contributed by atoms with Gasteiger partial charge in [0.1, 0.15) is 5.69 Å². The molecular formula is C24H20ClF3IN5O2. The van der Waals surface area contributed by atoms with E-state index in [1.807, 2.05) is 22.6 Å². The molecule has 2 aliphatic rings. The van der Waals surface area contributed by atoms with Crippen molar-refractivity contribution in [2.75, 3.05) is 5.32 Å². The molecule has 2 aromatic heterocycles. The lowest BCUT2D eigenvalue weighted by atomic mass is 10.0. The van der Waals surface area contributed by atoms with Gasteiger partial charge in [0.25, 0.3) is 11.8 Å². The van der Waals surface area contributed by atoms with Crippen molar-refractivity contribution in [3.63, 3.8) is 0 Å². The van der Waals surface area contributed by atoms with Crippen molar-refractivity contribution >= 4 is 51.7 Å². The van der Waals surface area contributed by atoms with Crippen molar-refractivity contribution in [3.8, 4) is 5.82 Å². The van der Waals surface area contributed by atoms with Gasteiger partial charge in [-0.05, 0) is 84.9 Å². The lowest BCUT2D eigenvalue weighted by Gasteiger charge is -2.20. The van der Waals surface area contributed by atoms with Crippen molar-refractivity contribution in [3.05, 3.63) is 67.6 Å². The Morgan fingerprint density at radius 3 is 2.53 bits per heavy atom. The average Bonchev–Trinajstić information content (AvgIpc) is 3.74. The summed E-state index contributed by atoms with van der Waals surface area (Å²) in [5.74, 6) is -0.861. The van der Waals surface area contributed by atoms with E-state index in [0.29, 0.717) is 21.1 Å². The normalized spacial score (nSPS) is 16.5. The number of rotatable bonds is 6. The summed E-state index contributed by atoms with van der Waals surface area (Å²) in [6.07, 6.45) is 0.520. The third-order valence-electron chi connectivity index (χ3n) is 6.51. The molecule has 3 aromatic rings. The number of carbonyl (C=O) groups excluding carboxylic acids is 2. The minimum atomic E-state index is -4.80. The number of hydrogen-bond acceptors (Lipinski definition) is 4. The lowest BCUT2D eigenvalue weighted by molar-refractivity contribution is -0.141. The first-order chi connectivity index (χ1) is 17.0. The molecule has 0 bridgehead atoms. The topological polar surface area (TPSA) is 88.9 Å². The van der Waals surface area contributed by atoms with Crippen LogP contribution in [0.1, 0.15) is 57.8 Å². The molecule has 0 atom stereocenters. The van der Waals surface area contributed by atoms with Crippen LogP contribution in [0.15, 0.2) is 36.5 Å². The van der Waals surface area contributed by atoms with E-state index in [0.717, 1.165) is 30.4 Å². The molecule has 188 valence electrons. The molecular weight excluding hydrogens is 610 g/mol.